The summed E-state index contributed by atoms with van der Waals surface area (Å²) in [5, 5.41) is 24.0. The highest BCUT2D eigenvalue weighted by atomic mass is 79.9. The fourth-order valence-corrected chi connectivity index (χ4v) is 10.2. The van der Waals surface area contributed by atoms with Crippen molar-refractivity contribution in [2.75, 3.05) is 19.7 Å². The predicted octanol–water partition coefficient (Wildman–Crippen LogP) is 3.53. The van der Waals surface area contributed by atoms with E-state index in [1.165, 1.54) is 10.4 Å². The summed E-state index contributed by atoms with van der Waals surface area (Å²) >= 11 is 3.57. The van der Waals surface area contributed by atoms with E-state index in [4.69, 9.17) is 4.43 Å². The van der Waals surface area contributed by atoms with Crippen LogP contribution in [0.3, 0.4) is 0 Å². The molecule has 0 aromatic heterocycles. The number of nitrogens with zero attached hydrogens (tertiary/aromatic N) is 1. The first-order chi connectivity index (χ1) is 15.2. The lowest BCUT2D eigenvalue weighted by atomic mass is 9.96. The molecule has 0 saturated carbocycles. The first-order valence-corrected chi connectivity index (χ1v) is 14.5. The normalized spacial score (nSPS) is 25.1. The summed E-state index contributed by atoms with van der Waals surface area (Å²) in [4.78, 5) is 2.15. The minimum atomic E-state index is -2.69. The summed E-state index contributed by atoms with van der Waals surface area (Å²) in [7, 11) is -2.69. The summed E-state index contributed by atoms with van der Waals surface area (Å²) in [6.07, 6.45) is 0.478. The van der Waals surface area contributed by atoms with Crippen molar-refractivity contribution in [3.8, 4) is 0 Å². The first kappa shape index (κ1) is 25.6. The molecule has 176 valence electrons. The highest BCUT2D eigenvalue weighted by Crippen LogP contribution is 2.37. The van der Waals surface area contributed by atoms with E-state index in [9.17, 15) is 10.2 Å². The third-order valence-corrected chi connectivity index (χ3v) is 12.5. The van der Waals surface area contributed by atoms with Gasteiger partial charge in [-0.1, -0.05) is 111 Å². The Morgan fingerprint density at radius 3 is 1.97 bits per heavy atom. The molecule has 1 aliphatic heterocycles. The molecule has 4 nitrogen and oxygen atoms in total. The molecular formula is C26H38BrNO3Si. The maximum Gasteiger partial charge on any atom is 0.261 e. The number of piperidine rings is 1. The number of hydrogen-bond acceptors (Lipinski definition) is 4. The highest BCUT2D eigenvalue weighted by molar-refractivity contribution is 9.09. The van der Waals surface area contributed by atoms with Crippen LogP contribution in [0.1, 0.15) is 40.5 Å². The van der Waals surface area contributed by atoms with E-state index in [-0.39, 0.29) is 15.9 Å². The molecule has 32 heavy (non-hydrogen) atoms. The van der Waals surface area contributed by atoms with Crippen molar-refractivity contribution in [2.45, 2.75) is 68.7 Å². The molecule has 4 atom stereocenters. The van der Waals surface area contributed by atoms with Gasteiger partial charge in [-0.2, -0.15) is 0 Å². The maximum absolute atomic E-state index is 11.0. The molecule has 1 heterocycles. The van der Waals surface area contributed by atoms with Crippen molar-refractivity contribution >= 4 is 34.6 Å². The lowest BCUT2D eigenvalue weighted by molar-refractivity contribution is -0.0829. The molecule has 2 N–H and O–H groups in total. The van der Waals surface area contributed by atoms with Gasteiger partial charge in [-0.15, -0.1) is 0 Å². The van der Waals surface area contributed by atoms with E-state index < -0.39 is 20.5 Å². The Morgan fingerprint density at radius 2 is 1.50 bits per heavy atom. The molecule has 0 bridgehead atoms. The summed E-state index contributed by atoms with van der Waals surface area (Å²) in [5.74, 6) is 0. The quantitative estimate of drug-likeness (QED) is 0.413. The van der Waals surface area contributed by atoms with Crippen LogP contribution < -0.4 is 10.4 Å². The average Bonchev–Trinajstić information content (AvgIpc) is 2.78. The predicted molar refractivity (Wildman–Crippen MR) is 139 cm³/mol. The number of unbranched alkanes of at least 4 members (excludes halogenated alkanes) is 1. The average molecular weight is 521 g/mol. The van der Waals surface area contributed by atoms with Crippen molar-refractivity contribution in [1.82, 2.24) is 4.90 Å². The largest absolute Gasteiger partial charge is 0.406 e. The Morgan fingerprint density at radius 1 is 0.969 bits per heavy atom. The smallest absolute Gasteiger partial charge is 0.261 e. The zero-order valence-corrected chi connectivity index (χ0v) is 22.3. The number of rotatable bonds is 8. The molecule has 0 aliphatic carbocycles. The van der Waals surface area contributed by atoms with Gasteiger partial charge in [0.15, 0.2) is 0 Å². The van der Waals surface area contributed by atoms with Crippen LogP contribution in [0, 0.1) is 0 Å². The van der Waals surface area contributed by atoms with Crippen LogP contribution in [0.2, 0.25) is 5.04 Å². The standard InChI is InChI=1S/C26H38BrNO3Si/c1-5-6-17-28-18-22(27)24(29)25(30)23(28)19-31-32(26(2,3)4,20-13-9-7-10-14-20)21-15-11-8-12-16-21/h7-16,22-25,29-30H,5-6,17-19H2,1-4H3/t22-,23+,24+,25+/m0/s1. The zero-order chi connectivity index (χ0) is 23.4. The minimum Gasteiger partial charge on any atom is -0.406 e. The minimum absolute atomic E-state index is 0.125. The van der Waals surface area contributed by atoms with Crippen LogP contribution >= 0.6 is 15.9 Å². The van der Waals surface area contributed by atoms with Gasteiger partial charge < -0.3 is 14.6 Å². The van der Waals surface area contributed by atoms with Crippen molar-refractivity contribution < 1.29 is 14.6 Å². The van der Waals surface area contributed by atoms with Gasteiger partial charge in [0, 0.05) is 6.54 Å². The Bertz CT molecular complexity index is 790. The Kier molecular flexibility index (Phi) is 8.75. The van der Waals surface area contributed by atoms with E-state index in [1.54, 1.807) is 0 Å². The topological polar surface area (TPSA) is 52.9 Å². The van der Waals surface area contributed by atoms with E-state index in [1.807, 2.05) is 12.1 Å². The second kappa shape index (κ2) is 10.9. The monoisotopic (exact) mass is 519 g/mol. The molecule has 2 aromatic rings. The summed E-state index contributed by atoms with van der Waals surface area (Å²) in [5.41, 5.74) is 0. The van der Waals surface area contributed by atoms with Gasteiger partial charge in [-0.3, -0.25) is 4.90 Å². The van der Waals surface area contributed by atoms with Gasteiger partial charge >= 0.3 is 0 Å². The molecule has 3 rings (SSSR count). The van der Waals surface area contributed by atoms with Gasteiger partial charge in [0.25, 0.3) is 8.32 Å². The fraction of sp³-hybridized carbons (Fsp3) is 0.538. The maximum atomic E-state index is 11.0. The molecule has 0 spiro atoms. The van der Waals surface area contributed by atoms with E-state index in [2.05, 4.69) is 97.1 Å². The molecule has 0 amide bonds. The van der Waals surface area contributed by atoms with E-state index >= 15 is 0 Å². The highest BCUT2D eigenvalue weighted by Gasteiger charge is 2.51. The second-order valence-corrected chi connectivity index (χ2v) is 15.4. The Hall–Kier alpha value is -1.02. The van der Waals surface area contributed by atoms with Crippen LogP contribution in [-0.2, 0) is 4.43 Å². The molecule has 1 aliphatic rings. The second-order valence-electron chi connectivity index (χ2n) is 9.89. The van der Waals surface area contributed by atoms with Gasteiger partial charge in [-0.05, 0) is 28.4 Å². The summed E-state index contributed by atoms with van der Waals surface area (Å²) < 4.78 is 7.08. The van der Waals surface area contributed by atoms with Gasteiger partial charge in [-0.25, -0.2) is 0 Å². The van der Waals surface area contributed by atoms with Gasteiger partial charge in [0.2, 0.25) is 0 Å². The third-order valence-electron chi connectivity index (χ3n) is 6.68. The van der Waals surface area contributed by atoms with Crippen LogP contribution in [0.25, 0.3) is 0 Å². The van der Waals surface area contributed by atoms with Crippen molar-refractivity contribution in [2.24, 2.45) is 0 Å². The molecule has 0 unspecified atom stereocenters. The van der Waals surface area contributed by atoms with Crippen molar-refractivity contribution in [3.63, 3.8) is 0 Å². The number of alkyl halides is 1. The summed E-state index contributed by atoms with van der Waals surface area (Å²) in [6.45, 7) is 10.9. The number of benzene rings is 2. The first-order valence-electron chi connectivity index (χ1n) is 11.7. The summed E-state index contributed by atoms with van der Waals surface area (Å²) in [6, 6.07) is 20.9. The Balaban J connectivity index is 2.01. The fourth-order valence-electron chi connectivity index (χ4n) is 4.92. The third kappa shape index (κ3) is 5.21. The molecule has 1 saturated heterocycles. The Labute approximate surface area is 202 Å². The number of aliphatic hydroxyl groups is 2. The molecule has 2 aromatic carbocycles. The molecular weight excluding hydrogens is 482 g/mol. The SMILES string of the molecule is CCCCN1C[C@H](Br)[C@@H](O)[C@H](O)[C@H]1CO[Si](c1ccccc1)(c1ccccc1)C(C)(C)C. The van der Waals surface area contributed by atoms with Crippen molar-refractivity contribution in [1.29, 1.82) is 0 Å². The van der Waals surface area contributed by atoms with E-state index in [0.29, 0.717) is 13.2 Å². The lowest BCUT2D eigenvalue weighted by Crippen LogP contribution is -2.69. The van der Waals surface area contributed by atoms with E-state index in [0.717, 1.165) is 19.4 Å². The number of halogens is 1. The number of aliphatic hydroxyl groups excluding tert-OH is 2. The van der Waals surface area contributed by atoms with Crippen LogP contribution in [0.5, 0.6) is 0 Å². The molecule has 1 fully saturated rings. The zero-order valence-electron chi connectivity index (χ0n) is 19.7. The molecule has 6 heteroatoms. The number of hydrogen-bond donors (Lipinski definition) is 2. The van der Waals surface area contributed by atoms with Crippen LogP contribution in [0.4, 0.5) is 0 Å². The number of likely N-dealkylation sites (tertiary alicyclic amines) is 1. The van der Waals surface area contributed by atoms with Gasteiger partial charge in [0.05, 0.1) is 29.7 Å². The van der Waals surface area contributed by atoms with Crippen molar-refractivity contribution in [3.05, 3.63) is 60.7 Å². The van der Waals surface area contributed by atoms with Crippen LogP contribution in [0.15, 0.2) is 60.7 Å². The van der Waals surface area contributed by atoms with Crippen LogP contribution in [-0.4, -0.2) is 66.2 Å². The molecule has 0 radical (unpaired) electrons. The lowest BCUT2D eigenvalue weighted by Gasteiger charge is -2.48. The van der Waals surface area contributed by atoms with Gasteiger partial charge in [0.1, 0.15) is 0 Å².